The molecule has 0 unspecified atom stereocenters. The van der Waals surface area contributed by atoms with E-state index in [1.54, 1.807) is 0 Å². The largest absolute Gasteiger partial charge is 0.382 e. The van der Waals surface area contributed by atoms with Crippen LogP contribution in [0.1, 0.15) is 12.8 Å². The normalized spacial score (nSPS) is 17.7. The summed E-state index contributed by atoms with van der Waals surface area (Å²) in [5, 5.41) is 14.1. The fraction of sp³-hybridized carbons (Fsp3) is 0.600. The molecule has 0 aromatic heterocycles. The van der Waals surface area contributed by atoms with E-state index in [2.05, 4.69) is 10.2 Å². The lowest BCUT2D eigenvalue weighted by Gasteiger charge is -2.43. The van der Waals surface area contributed by atoms with Gasteiger partial charge < -0.3 is 15.0 Å². The van der Waals surface area contributed by atoms with E-state index in [1.807, 2.05) is 14.1 Å². The average Bonchev–Trinajstić information content (AvgIpc) is 2.52. The van der Waals surface area contributed by atoms with Crippen molar-refractivity contribution < 1.29 is 18.1 Å². The zero-order valence-corrected chi connectivity index (χ0v) is 14.9. The highest BCUT2D eigenvalue weighted by Gasteiger charge is 2.35. The molecule has 0 amide bonds. The van der Waals surface area contributed by atoms with Crippen molar-refractivity contribution in [2.45, 2.75) is 23.3 Å². The van der Waals surface area contributed by atoms with Crippen molar-refractivity contribution in [2.75, 3.05) is 45.4 Å². The minimum Gasteiger partial charge on any atom is -0.382 e. The van der Waals surface area contributed by atoms with Crippen LogP contribution in [0.25, 0.3) is 0 Å². The van der Waals surface area contributed by atoms with Crippen LogP contribution in [-0.4, -0.2) is 63.9 Å². The second kappa shape index (κ2) is 7.04. The van der Waals surface area contributed by atoms with Crippen LogP contribution in [0.3, 0.4) is 0 Å². The van der Waals surface area contributed by atoms with Gasteiger partial charge in [-0.1, -0.05) is 0 Å². The third kappa shape index (κ3) is 4.03. The highest BCUT2D eigenvalue weighted by atomic mass is 32.2. The Kier molecular flexibility index (Phi) is 5.46. The van der Waals surface area contributed by atoms with Crippen molar-refractivity contribution in [3.63, 3.8) is 0 Å². The quantitative estimate of drug-likeness (QED) is 0.608. The van der Waals surface area contributed by atoms with Gasteiger partial charge in [0.1, 0.15) is 0 Å². The monoisotopic (exact) mass is 357 g/mol. The molecule has 1 heterocycles. The molecule has 134 valence electrons. The maximum absolute atomic E-state index is 12.0. The lowest BCUT2D eigenvalue weighted by molar-refractivity contribution is -0.385. The highest BCUT2D eigenvalue weighted by molar-refractivity contribution is 7.90. The van der Waals surface area contributed by atoms with Crippen LogP contribution < -0.4 is 5.32 Å². The molecular formula is C15H23N3O5S. The standard InChI is InChI=1S/C15H23N3O5S/c1-17(2)15(6-8-23-9-7-15)11-16-13-5-4-12(18(19)20)10-14(13)24(3,21)22/h4-5,10,16H,6-9,11H2,1-3H3. The Morgan fingerprint density at radius 3 is 2.46 bits per heavy atom. The number of hydrogen-bond donors (Lipinski definition) is 1. The van der Waals surface area contributed by atoms with Crippen molar-refractivity contribution in [2.24, 2.45) is 0 Å². The molecular weight excluding hydrogens is 334 g/mol. The van der Waals surface area contributed by atoms with Gasteiger partial charge in [0.2, 0.25) is 0 Å². The minimum absolute atomic E-state index is 0.0577. The van der Waals surface area contributed by atoms with Gasteiger partial charge in [-0.15, -0.1) is 0 Å². The van der Waals surface area contributed by atoms with Crippen LogP contribution in [0.2, 0.25) is 0 Å². The van der Waals surface area contributed by atoms with Crippen LogP contribution in [0.4, 0.5) is 11.4 Å². The smallest absolute Gasteiger partial charge is 0.270 e. The fourth-order valence-corrected chi connectivity index (χ4v) is 3.75. The van der Waals surface area contributed by atoms with E-state index >= 15 is 0 Å². The molecule has 1 saturated heterocycles. The molecule has 1 aromatic rings. The number of likely N-dealkylation sites (N-methyl/N-ethyl adjacent to an activating group) is 1. The molecule has 0 radical (unpaired) electrons. The second-order valence-corrected chi connectivity index (χ2v) is 8.28. The van der Waals surface area contributed by atoms with E-state index in [4.69, 9.17) is 4.74 Å². The van der Waals surface area contributed by atoms with Crippen molar-refractivity contribution in [1.82, 2.24) is 4.90 Å². The van der Waals surface area contributed by atoms with Gasteiger partial charge in [-0.3, -0.25) is 10.1 Å². The fourth-order valence-electron chi connectivity index (χ4n) is 2.87. The third-order valence-corrected chi connectivity index (χ3v) is 5.69. The van der Waals surface area contributed by atoms with Gasteiger partial charge in [-0.25, -0.2) is 8.42 Å². The Hall–Kier alpha value is -1.71. The number of nitro benzene ring substituents is 1. The molecule has 2 rings (SSSR count). The summed E-state index contributed by atoms with van der Waals surface area (Å²) in [6, 6.07) is 3.87. The van der Waals surface area contributed by atoms with Crippen LogP contribution in [0, 0.1) is 10.1 Å². The van der Waals surface area contributed by atoms with Gasteiger partial charge in [-0.05, 0) is 33.0 Å². The molecule has 0 aliphatic carbocycles. The zero-order valence-electron chi connectivity index (χ0n) is 14.1. The summed E-state index contributed by atoms with van der Waals surface area (Å²) < 4.78 is 29.4. The van der Waals surface area contributed by atoms with E-state index in [0.29, 0.717) is 25.4 Å². The molecule has 0 atom stereocenters. The first kappa shape index (κ1) is 18.6. The lowest BCUT2D eigenvalue weighted by Crippen LogP contribution is -2.53. The average molecular weight is 357 g/mol. The Balaban J connectivity index is 2.30. The molecule has 0 bridgehead atoms. The summed E-state index contributed by atoms with van der Waals surface area (Å²) in [6.07, 6.45) is 2.70. The Morgan fingerprint density at radius 2 is 1.96 bits per heavy atom. The maximum atomic E-state index is 12.0. The van der Waals surface area contributed by atoms with Gasteiger partial charge >= 0.3 is 0 Å². The van der Waals surface area contributed by atoms with Crippen LogP contribution >= 0.6 is 0 Å². The van der Waals surface area contributed by atoms with Gasteiger partial charge in [-0.2, -0.15) is 0 Å². The van der Waals surface area contributed by atoms with Gasteiger partial charge in [0.05, 0.1) is 15.5 Å². The summed E-state index contributed by atoms with van der Waals surface area (Å²) >= 11 is 0. The van der Waals surface area contributed by atoms with E-state index in [-0.39, 0.29) is 16.1 Å². The number of sulfone groups is 1. The number of hydrogen-bond acceptors (Lipinski definition) is 7. The number of non-ortho nitro benzene ring substituents is 1. The number of nitrogens with zero attached hydrogens (tertiary/aromatic N) is 2. The number of nitro groups is 1. The predicted octanol–water partition coefficient (Wildman–Crippen LogP) is 1.52. The predicted molar refractivity (Wildman–Crippen MR) is 91.2 cm³/mol. The van der Waals surface area contributed by atoms with Gasteiger partial charge in [0.25, 0.3) is 5.69 Å². The second-order valence-electron chi connectivity index (χ2n) is 6.29. The molecule has 8 nitrogen and oxygen atoms in total. The van der Waals surface area contributed by atoms with Crippen molar-refractivity contribution in [1.29, 1.82) is 0 Å². The summed E-state index contributed by atoms with van der Waals surface area (Å²) in [5.74, 6) is 0. The summed E-state index contributed by atoms with van der Waals surface area (Å²) in [6.45, 7) is 1.84. The first-order valence-corrected chi connectivity index (χ1v) is 9.52. The van der Waals surface area contributed by atoms with E-state index in [1.165, 1.54) is 12.1 Å². The molecule has 1 aliphatic heterocycles. The minimum atomic E-state index is -3.59. The SMILES string of the molecule is CN(C)C1(CNc2ccc([N+](=O)[O-])cc2S(C)(=O)=O)CCOCC1. The zero-order chi connectivity index (χ0) is 18.0. The van der Waals surface area contributed by atoms with Crippen LogP contribution in [-0.2, 0) is 14.6 Å². The van der Waals surface area contributed by atoms with Crippen molar-refractivity contribution >= 4 is 21.2 Å². The molecule has 0 spiro atoms. The Bertz CT molecular complexity index is 712. The molecule has 0 saturated carbocycles. The molecule has 1 aliphatic rings. The van der Waals surface area contributed by atoms with Crippen molar-refractivity contribution in [3.05, 3.63) is 28.3 Å². The highest BCUT2D eigenvalue weighted by Crippen LogP contribution is 2.30. The van der Waals surface area contributed by atoms with Crippen molar-refractivity contribution in [3.8, 4) is 0 Å². The first-order chi connectivity index (χ1) is 11.2. The molecule has 1 aromatic carbocycles. The molecule has 24 heavy (non-hydrogen) atoms. The van der Waals surface area contributed by atoms with Gasteiger partial charge in [0.15, 0.2) is 9.84 Å². The first-order valence-electron chi connectivity index (χ1n) is 7.63. The molecule has 1 fully saturated rings. The number of anilines is 1. The molecule has 1 N–H and O–H groups in total. The Labute approximate surface area is 141 Å². The van der Waals surface area contributed by atoms with E-state index in [9.17, 15) is 18.5 Å². The third-order valence-electron chi connectivity index (χ3n) is 4.56. The van der Waals surface area contributed by atoms with Gasteiger partial charge in [0, 0.05) is 43.7 Å². The number of ether oxygens (including phenoxy) is 1. The number of rotatable bonds is 6. The van der Waals surface area contributed by atoms with E-state index < -0.39 is 14.8 Å². The van der Waals surface area contributed by atoms with E-state index in [0.717, 1.165) is 25.2 Å². The lowest BCUT2D eigenvalue weighted by atomic mass is 9.88. The Morgan fingerprint density at radius 1 is 1.33 bits per heavy atom. The maximum Gasteiger partial charge on any atom is 0.270 e. The van der Waals surface area contributed by atoms with Crippen LogP contribution in [0.15, 0.2) is 23.1 Å². The molecule has 9 heteroatoms. The topological polar surface area (TPSA) is 102 Å². The van der Waals surface area contributed by atoms with Crippen LogP contribution in [0.5, 0.6) is 0 Å². The number of nitrogens with one attached hydrogen (secondary N) is 1. The summed E-state index contributed by atoms with van der Waals surface area (Å²) in [4.78, 5) is 12.4. The summed E-state index contributed by atoms with van der Waals surface area (Å²) in [7, 11) is 0.385. The number of benzene rings is 1. The summed E-state index contributed by atoms with van der Waals surface area (Å²) in [5.41, 5.74) is -0.000363.